The van der Waals surface area contributed by atoms with Crippen molar-refractivity contribution in [3.8, 4) is 0 Å². The van der Waals surface area contributed by atoms with E-state index in [0.29, 0.717) is 12.5 Å². The number of hydrogen-bond acceptors (Lipinski definition) is 6. The average Bonchev–Trinajstić information content (AvgIpc) is 2.82. The summed E-state index contributed by atoms with van der Waals surface area (Å²) in [5.41, 5.74) is 0.0475. The van der Waals surface area contributed by atoms with Crippen LogP contribution in [-0.4, -0.2) is 65.3 Å². The van der Waals surface area contributed by atoms with Crippen LogP contribution in [0.2, 0.25) is 0 Å². The van der Waals surface area contributed by atoms with E-state index >= 15 is 0 Å². The number of carbonyl (C=O) groups is 1. The van der Waals surface area contributed by atoms with Crippen LogP contribution in [0.1, 0.15) is 47.5 Å². The normalized spacial score (nSPS) is 24.6. The Morgan fingerprint density at radius 3 is 2.35 bits per heavy atom. The molecule has 142 valence electrons. The molecule has 0 radical (unpaired) electrons. The Hall–Kier alpha value is -1.67. The molecule has 1 aromatic heterocycles. The fourth-order valence-electron chi connectivity index (χ4n) is 3.33. The van der Waals surface area contributed by atoms with Gasteiger partial charge in [0.1, 0.15) is 0 Å². The maximum atomic E-state index is 11.6. The summed E-state index contributed by atoms with van der Waals surface area (Å²) >= 11 is 0. The minimum atomic E-state index is -0.456. The summed E-state index contributed by atoms with van der Waals surface area (Å²) in [7, 11) is 1.53. The highest BCUT2D eigenvalue weighted by molar-refractivity contribution is 6.61. The molecule has 0 spiro atoms. The molecule has 0 N–H and O–H groups in total. The summed E-state index contributed by atoms with van der Waals surface area (Å²) in [4.78, 5) is 24.6. The second-order valence-corrected chi connectivity index (χ2v) is 8.28. The van der Waals surface area contributed by atoms with Crippen molar-refractivity contribution in [3.05, 3.63) is 12.4 Å². The van der Waals surface area contributed by atoms with Crippen LogP contribution in [0.5, 0.6) is 0 Å². The Morgan fingerprint density at radius 1 is 1.23 bits per heavy atom. The predicted molar refractivity (Wildman–Crippen MR) is 101 cm³/mol. The molecule has 0 unspecified atom stereocenters. The van der Waals surface area contributed by atoms with Crippen LogP contribution in [0.3, 0.4) is 0 Å². The maximum Gasteiger partial charge on any atom is 0.498 e. The van der Waals surface area contributed by atoms with Gasteiger partial charge in [-0.2, -0.15) is 0 Å². The van der Waals surface area contributed by atoms with Crippen molar-refractivity contribution in [1.29, 1.82) is 0 Å². The number of anilines is 1. The molecule has 3 rings (SSSR count). The molecule has 2 aliphatic rings. The van der Waals surface area contributed by atoms with Crippen LogP contribution >= 0.6 is 0 Å². The van der Waals surface area contributed by atoms with Crippen molar-refractivity contribution in [2.45, 2.75) is 64.7 Å². The molecule has 2 aliphatic heterocycles. The van der Waals surface area contributed by atoms with E-state index in [1.807, 2.05) is 39.6 Å². The Labute approximate surface area is 156 Å². The second-order valence-electron chi connectivity index (χ2n) is 8.28. The van der Waals surface area contributed by atoms with Crippen LogP contribution < -0.4 is 10.4 Å². The first-order valence-electron chi connectivity index (χ1n) is 9.26. The molecule has 7 nitrogen and oxygen atoms in total. The van der Waals surface area contributed by atoms with Gasteiger partial charge in [-0.3, -0.25) is 4.79 Å². The predicted octanol–water partition coefficient (Wildman–Crippen LogP) is 1.22. The zero-order valence-corrected chi connectivity index (χ0v) is 16.7. The third kappa shape index (κ3) is 3.57. The molecule has 0 aliphatic carbocycles. The molecule has 2 fully saturated rings. The van der Waals surface area contributed by atoms with Crippen molar-refractivity contribution in [1.82, 2.24) is 14.9 Å². The molecule has 0 aromatic carbocycles. The average molecular weight is 360 g/mol. The molecule has 1 amide bonds. The molecule has 26 heavy (non-hydrogen) atoms. The number of hydrogen-bond donors (Lipinski definition) is 0. The van der Waals surface area contributed by atoms with Gasteiger partial charge in [0.05, 0.1) is 11.2 Å². The zero-order chi connectivity index (χ0) is 19.1. The monoisotopic (exact) mass is 360 g/mol. The van der Waals surface area contributed by atoms with Gasteiger partial charge in [0.2, 0.25) is 11.9 Å². The lowest BCUT2D eigenvalue weighted by Gasteiger charge is -2.37. The van der Waals surface area contributed by atoms with E-state index < -0.39 is 7.12 Å². The van der Waals surface area contributed by atoms with Gasteiger partial charge in [0, 0.05) is 51.0 Å². The van der Waals surface area contributed by atoms with E-state index in [9.17, 15) is 4.79 Å². The van der Waals surface area contributed by atoms with Gasteiger partial charge in [-0.05, 0) is 40.5 Å². The number of nitrogens with zero attached hydrogens (tertiary/aromatic N) is 4. The second kappa shape index (κ2) is 6.81. The number of amides is 1. The fraction of sp³-hybridized carbons (Fsp3) is 0.722. The molecular formula is C18H29BN4O3. The summed E-state index contributed by atoms with van der Waals surface area (Å²) in [6, 6.07) is 0.232. The highest BCUT2D eigenvalue weighted by Crippen LogP contribution is 2.36. The molecular weight excluding hydrogens is 331 g/mol. The number of carbonyl (C=O) groups excluding carboxylic acids is 1. The Kier molecular flexibility index (Phi) is 5.01. The minimum absolute atomic E-state index is 0.125. The Bertz CT molecular complexity index is 649. The first kappa shape index (κ1) is 19.1. The fourth-order valence-corrected chi connectivity index (χ4v) is 3.33. The van der Waals surface area contributed by atoms with Crippen molar-refractivity contribution < 1.29 is 14.1 Å². The van der Waals surface area contributed by atoms with E-state index in [4.69, 9.17) is 9.31 Å². The molecule has 3 heterocycles. The van der Waals surface area contributed by atoms with Crippen LogP contribution in [-0.2, 0) is 14.1 Å². The van der Waals surface area contributed by atoms with Gasteiger partial charge in [-0.15, -0.1) is 0 Å². The lowest BCUT2D eigenvalue weighted by Crippen LogP contribution is -2.48. The van der Waals surface area contributed by atoms with Gasteiger partial charge >= 0.3 is 7.12 Å². The van der Waals surface area contributed by atoms with E-state index in [1.54, 1.807) is 19.3 Å². The van der Waals surface area contributed by atoms with E-state index in [-0.39, 0.29) is 23.2 Å². The van der Waals surface area contributed by atoms with Crippen molar-refractivity contribution in [2.24, 2.45) is 0 Å². The lowest BCUT2D eigenvalue weighted by atomic mass is 9.81. The number of aromatic nitrogens is 2. The lowest BCUT2D eigenvalue weighted by molar-refractivity contribution is -0.129. The molecule has 1 atom stereocenters. The SMILES string of the molecule is CC(=O)N1CCC[C@H](N(C)c2ncc(B3OC(C)(C)C(C)(C)O3)cn2)C1. The summed E-state index contributed by atoms with van der Waals surface area (Å²) in [5.74, 6) is 0.779. The maximum absolute atomic E-state index is 11.6. The number of likely N-dealkylation sites (tertiary alicyclic amines) is 1. The molecule has 0 bridgehead atoms. The highest BCUT2D eigenvalue weighted by Gasteiger charge is 2.52. The van der Waals surface area contributed by atoms with Crippen LogP contribution in [0.15, 0.2) is 12.4 Å². The van der Waals surface area contributed by atoms with E-state index in [2.05, 4.69) is 14.9 Å². The quantitative estimate of drug-likeness (QED) is 0.756. The molecule has 8 heteroatoms. The highest BCUT2D eigenvalue weighted by atomic mass is 16.7. The first-order valence-corrected chi connectivity index (χ1v) is 9.26. The number of piperidine rings is 1. The Balaban J connectivity index is 1.69. The van der Waals surface area contributed by atoms with Gasteiger partial charge in [-0.25, -0.2) is 9.97 Å². The third-order valence-electron chi connectivity index (χ3n) is 5.89. The standard InChI is InChI=1S/C18H29BN4O3/c1-13(24)23-9-7-8-15(12-23)22(6)16-20-10-14(11-21-16)19-25-17(2,3)18(4,5)26-19/h10-11,15H,7-9,12H2,1-6H3/t15-/m0/s1. The van der Waals surface area contributed by atoms with Crippen molar-refractivity contribution in [3.63, 3.8) is 0 Å². The van der Waals surface area contributed by atoms with Gasteiger partial charge in [0.25, 0.3) is 0 Å². The number of rotatable bonds is 3. The van der Waals surface area contributed by atoms with Crippen molar-refractivity contribution >= 4 is 24.4 Å². The molecule has 0 saturated carbocycles. The number of likely N-dealkylation sites (N-methyl/N-ethyl adjacent to an activating group) is 1. The molecule has 2 saturated heterocycles. The molecule has 1 aromatic rings. The van der Waals surface area contributed by atoms with Gasteiger partial charge in [0.15, 0.2) is 0 Å². The topological polar surface area (TPSA) is 67.8 Å². The third-order valence-corrected chi connectivity index (χ3v) is 5.89. The van der Waals surface area contributed by atoms with Gasteiger partial charge < -0.3 is 19.1 Å². The smallest absolute Gasteiger partial charge is 0.399 e. The minimum Gasteiger partial charge on any atom is -0.399 e. The Morgan fingerprint density at radius 2 is 1.81 bits per heavy atom. The van der Waals surface area contributed by atoms with Crippen LogP contribution in [0.25, 0.3) is 0 Å². The van der Waals surface area contributed by atoms with Crippen LogP contribution in [0, 0.1) is 0 Å². The van der Waals surface area contributed by atoms with E-state index in [0.717, 1.165) is 24.8 Å². The largest absolute Gasteiger partial charge is 0.498 e. The van der Waals surface area contributed by atoms with Crippen LogP contribution in [0.4, 0.5) is 5.95 Å². The van der Waals surface area contributed by atoms with E-state index in [1.165, 1.54) is 0 Å². The summed E-state index contributed by atoms with van der Waals surface area (Å²) in [6.45, 7) is 11.3. The summed E-state index contributed by atoms with van der Waals surface area (Å²) in [5, 5.41) is 0. The summed E-state index contributed by atoms with van der Waals surface area (Å²) in [6.07, 6.45) is 5.57. The van der Waals surface area contributed by atoms with Crippen molar-refractivity contribution in [2.75, 3.05) is 25.0 Å². The summed E-state index contributed by atoms with van der Waals surface area (Å²) < 4.78 is 12.1. The zero-order valence-electron chi connectivity index (χ0n) is 16.7. The first-order chi connectivity index (χ1) is 12.1. The van der Waals surface area contributed by atoms with Gasteiger partial charge in [-0.1, -0.05) is 0 Å².